The largest absolute Gasteiger partial charge is 0.343 e. The first kappa shape index (κ1) is 20.3. The van der Waals surface area contributed by atoms with Crippen molar-refractivity contribution in [3.63, 3.8) is 0 Å². The molecule has 3 fully saturated rings. The number of fused-ring (bicyclic) bond motifs is 3. The van der Waals surface area contributed by atoms with E-state index in [2.05, 4.69) is 46.3 Å². The zero-order valence-electron chi connectivity index (χ0n) is 17.7. The van der Waals surface area contributed by atoms with Crippen molar-refractivity contribution < 1.29 is 9.59 Å². The average Bonchev–Trinajstić information content (AvgIpc) is 3.17. The Morgan fingerprint density at radius 2 is 1.81 bits per heavy atom. The van der Waals surface area contributed by atoms with Crippen molar-refractivity contribution in [3.05, 3.63) is 64.7 Å². The van der Waals surface area contributed by atoms with E-state index in [1.165, 1.54) is 10.5 Å². The van der Waals surface area contributed by atoms with Crippen LogP contribution >= 0.6 is 11.6 Å². The van der Waals surface area contributed by atoms with Crippen LogP contribution in [0.15, 0.2) is 48.5 Å². The zero-order valence-corrected chi connectivity index (χ0v) is 18.4. The van der Waals surface area contributed by atoms with Crippen molar-refractivity contribution in [1.82, 2.24) is 20.0 Å². The van der Waals surface area contributed by atoms with E-state index in [1.54, 1.807) is 18.0 Å². The van der Waals surface area contributed by atoms with Crippen LogP contribution in [-0.4, -0.2) is 65.3 Å². The number of anilines is 1. The van der Waals surface area contributed by atoms with Gasteiger partial charge in [-0.15, -0.1) is 0 Å². The van der Waals surface area contributed by atoms with Crippen LogP contribution in [-0.2, 0) is 11.3 Å². The highest BCUT2D eigenvalue weighted by Gasteiger charge is 2.56. The molecule has 2 aromatic carbocycles. The van der Waals surface area contributed by atoms with Crippen molar-refractivity contribution in [2.45, 2.75) is 38.4 Å². The third-order valence-electron chi connectivity index (χ3n) is 6.52. The Balaban J connectivity index is 1.44. The molecule has 2 aromatic rings. The molecule has 1 N–H and O–H groups in total. The second-order valence-electron chi connectivity index (χ2n) is 8.46. The number of hydrogen-bond acceptors (Lipinski definition) is 5. The van der Waals surface area contributed by atoms with Gasteiger partial charge in [-0.3, -0.25) is 19.9 Å². The topological polar surface area (TPSA) is 59.1 Å². The number of nitrogens with one attached hydrogen (secondary N) is 1. The molecule has 0 radical (unpaired) electrons. The highest BCUT2D eigenvalue weighted by atomic mass is 35.5. The summed E-state index contributed by atoms with van der Waals surface area (Å²) in [5.41, 5.74) is 3.09. The summed E-state index contributed by atoms with van der Waals surface area (Å²) in [5.74, 6) is -0.172. The molecule has 3 unspecified atom stereocenters. The van der Waals surface area contributed by atoms with Gasteiger partial charge in [-0.05, 0) is 37.1 Å². The number of carbonyl (C=O) groups is 2. The quantitative estimate of drug-likeness (QED) is 0.797. The number of likely N-dealkylation sites (N-methyl/N-ethyl adjacent to an activating group) is 1. The lowest BCUT2D eigenvalue weighted by Gasteiger charge is -2.44. The molecular formula is C23H26ClN5O2. The van der Waals surface area contributed by atoms with E-state index in [0.29, 0.717) is 5.02 Å². The molecule has 31 heavy (non-hydrogen) atoms. The van der Waals surface area contributed by atoms with Crippen molar-refractivity contribution in [2.24, 2.45) is 0 Å². The highest BCUT2D eigenvalue weighted by Crippen LogP contribution is 2.34. The van der Waals surface area contributed by atoms with Crippen molar-refractivity contribution in [2.75, 3.05) is 25.0 Å². The van der Waals surface area contributed by atoms with E-state index in [9.17, 15) is 9.59 Å². The summed E-state index contributed by atoms with van der Waals surface area (Å²) in [6, 6.07) is 15.0. The molecule has 3 aliphatic rings. The Hall–Kier alpha value is -2.61. The minimum atomic E-state index is -0.427. The number of halogens is 1. The normalized spacial score (nSPS) is 26.3. The second-order valence-corrected chi connectivity index (χ2v) is 8.87. The molecule has 162 valence electrons. The summed E-state index contributed by atoms with van der Waals surface area (Å²) in [4.78, 5) is 34.1. The van der Waals surface area contributed by atoms with Gasteiger partial charge in [-0.25, -0.2) is 4.79 Å². The summed E-state index contributed by atoms with van der Waals surface area (Å²) in [6.07, 6.45) is 0.453. The average molecular weight is 440 g/mol. The van der Waals surface area contributed by atoms with E-state index in [4.69, 9.17) is 11.6 Å². The first-order chi connectivity index (χ1) is 15.0. The minimum Gasteiger partial charge on any atom is -0.343 e. The summed E-state index contributed by atoms with van der Waals surface area (Å²) in [5, 5.41) is 4.10. The summed E-state index contributed by atoms with van der Waals surface area (Å²) in [6.45, 7) is 3.94. The van der Waals surface area contributed by atoms with Crippen LogP contribution in [0.4, 0.5) is 10.5 Å². The molecule has 8 heteroatoms. The van der Waals surface area contributed by atoms with Gasteiger partial charge in [0, 0.05) is 30.8 Å². The summed E-state index contributed by atoms with van der Waals surface area (Å²) in [7, 11) is 1.76. The molecule has 7 nitrogen and oxygen atoms in total. The number of carbonyl (C=O) groups excluding carboxylic acids is 2. The van der Waals surface area contributed by atoms with Gasteiger partial charge >= 0.3 is 6.03 Å². The SMILES string of the molecule is Cc1ccc(N2CCCN3C4C(=O)N(Cc5ccccc5Cl)C(=O)N(C)C4NC23)cc1. The minimum absolute atomic E-state index is 0.133. The van der Waals surface area contributed by atoms with Crippen molar-refractivity contribution in [1.29, 1.82) is 0 Å². The first-order valence-electron chi connectivity index (χ1n) is 10.6. The third kappa shape index (κ3) is 3.37. The van der Waals surface area contributed by atoms with Gasteiger partial charge in [0.2, 0.25) is 0 Å². The van der Waals surface area contributed by atoms with Gasteiger partial charge in [0.1, 0.15) is 18.5 Å². The lowest BCUT2D eigenvalue weighted by Crippen LogP contribution is -2.66. The fourth-order valence-corrected chi connectivity index (χ4v) is 5.06. The van der Waals surface area contributed by atoms with Gasteiger partial charge in [-0.1, -0.05) is 47.5 Å². The lowest BCUT2D eigenvalue weighted by atomic mass is 10.1. The van der Waals surface area contributed by atoms with Gasteiger partial charge in [-0.2, -0.15) is 0 Å². The molecular weight excluding hydrogens is 414 g/mol. The molecule has 0 aromatic heterocycles. The van der Waals surface area contributed by atoms with E-state index >= 15 is 0 Å². The lowest BCUT2D eigenvalue weighted by molar-refractivity contribution is -0.139. The second kappa shape index (κ2) is 7.82. The van der Waals surface area contributed by atoms with E-state index in [1.807, 2.05) is 18.2 Å². The molecule has 3 atom stereocenters. The Labute approximate surface area is 187 Å². The molecule has 3 saturated heterocycles. The first-order valence-corrected chi connectivity index (χ1v) is 11.0. The summed E-state index contributed by atoms with van der Waals surface area (Å²) >= 11 is 6.30. The molecule has 3 heterocycles. The van der Waals surface area contributed by atoms with Crippen LogP contribution in [0.5, 0.6) is 0 Å². The monoisotopic (exact) mass is 439 g/mol. The fourth-order valence-electron chi connectivity index (χ4n) is 4.86. The fraction of sp³-hybridized carbons (Fsp3) is 0.391. The molecule has 3 aliphatic heterocycles. The summed E-state index contributed by atoms with van der Waals surface area (Å²) < 4.78 is 0. The van der Waals surface area contributed by atoms with Gasteiger partial charge in [0.25, 0.3) is 5.91 Å². The van der Waals surface area contributed by atoms with Crippen LogP contribution in [0.25, 0.3) is 0 Å². The molecule has 0 saturated carbocycles. The standard InChI is InChI=1S/C23H26ClN5O2/c1-15-8-10-17(11-9-15)27-12-5-13-28-19-20(25-22(27)28)26(2)23(31)29(21(19)30)14-16-6-3-4-7-18(16)24/h3-4,6-11,19-20,22,25H,5,12-14H2,1-2H3. The number of rotatable bonds is 3. The van der Waals surface area contributed by atoms with E-state index < -0.39 is 6.04 Å². The molecule has 0 spiro atoms. The maximum atomic E-state index is 13.6. The number of amides is 3. The number of hydrogen-bond donors (Lipinski definition) is 1. The Kier molecular flexibility index (Phi) is 5.12. The maximum absolute atomic E-state index is 13.6. The van der Waals surface area contributed by atoms with E-state index in [0.717, 1.165) is 30.8 Å². The van der Waals surface area contributed by atoms with E-state index in [-0.39, 0.29) is 30.9 Å². The molecule has 5 rings (SSSR count). The number of imide groups is 1. The Morgan fingerprint density at radius 3 is 2.55 bits per heavy atom. The smallest absolute Gasteiger partial charge is 0.328 e. The Morgan fingerprint density at radius 1 is 1.06 bits per heavy atom. The maximum Gasteiger partial charge on any atom is 0.328 e. The van der Waals surface area contributed by atoms with Gasteiger partial charge in [0.05, 0.1) is 6.54 Å². The van der Waals surface area contributed by atoms with Crippen molar-refractivity contribution in [3.8, 4) is 0 Å². The van der Waals surface area contributed by atoms with Crippen LogP contribution in [0, 0.1) is 6.92 Å². The highest BCUT2D eigenvalue weighted by molar-refractivity contribution is 6.31. The number of benzene rings is 2. The number of urea groups is 1. The molecule has 0 aliphatic carbocycles. The van der Waals surface area contributed by atoms with Crippen LogP contribution in [0.3, 0.4) is 0 Å². The van der Waals surface area contributed by atoms with Gasteiger partial charge < -0.3 is 9.80 Å². The van der Waals surface area contributed by atoms with Crippen LogP contribution in [0.2, 0.25) is 5.02 Å². The number of aryl methyl sites for hydroxylation is 1. The predicted molar refractivity (Wildman–Crippen MR) is 120 cm³/mol. The molecule has 3 amide bonds. The van der Waals surface area contributed by atoms with Crippen LogP contribution in [0.1, 0.15) is 17.5 Å². The third-order valence-corrected chi connectivity index (χ3v) is 6.89. The van der Waals surface area contributed by atoms with Crippen molar-refractivity contribution >= 4 is 29.2 Å². The predicted octanol–water partition coefficient (Wildman–Crippen LogP) is 2.84. The number of nitrogens with zero attached hydrogens (tertiary/aromatic N) is 4. The zero-order chi connectivity index (χ0) is 21.7. The Bertz CT molecular complexity index is 1010. The van der Waals surface area contributed by atoms with Gasteiger partial charge in [0.15, 0.2) is 0 Å². The molecule has 0 bridgehead atoms. The van der Waals surface area contributed by atoms with Crippen LogP contribution < -0.4 is 10.2 Å².